The van der Waals surface area contributed by atoms with E-state index in [1.54, 1.807) is 14.2 Å². The molecule has 0 bridgehead atoms. The molecule has 1 saturated heterocycles. The second-order valence-corrected chi connectivity index (χ2v) is 4.86. The Labute approximate surface area is 115 Å². The molecule has 0 amide bonds. The fourth-order valence-corrected chi connectivity index (χ4v) is 2.75. The first-order valence-electron chi connectivity index (χ1n) is 6.77. The Morgan fingerprint density at radius 2 is 2.05 bits per heavy atom. The standard InChI is InChI=1S/C15H23NO3/c1-16-15(12-5-4-8-19-10-12)11-6-7-13(17-2)14(9-11)18-3/h6-7,9,12,15-16H,4-5,8,10H2,1-3H3. The van der Waals surface area contributed by atoms with Gasteiger partial charge in [0.2, 0.25) is 0 Å². The highest BCUT2D eigenvalue weighted by Gasteiger charge is 2.25. The summed E-state index contributed by atoms with van der Waals surface area (Å²) in [5, 5.41) is 3.40. The lowest BCUT2D eigenvalue weighted by molar-refractivity contribution is 0.0401. The Balaban J connectivity index is 2.22. The van der Waals surface area contributed by atoms with E-state index in [9.17, 15) is 0 Å². The van der Waals surface area contributed by atoms with Crippen molar-refractivity contribution in [2.75, 3.05) is 34.5 Å². The third-order valence-electron chi connectivity index (χ3n) is 3.74. The molecule has 1 fully saturated rings. The summed E-state index contributed by atoms with van der Waals surface area (Å²) < 4.78 is 16.2. The summed E-state index contributed by atoms with van der Waals surface area (Å²) in [6.07, 6.45) is 2.33. The predicted octanol–water partition coefficient (Wildman–Crippen LogP) is 2.39. The minimum Gasteiger partial charge on any atom is -0.493 e. The zero-order valence-corrected chi connectivity index (χ0v) is 11.9. The molecule has 1 aliphatic heterocycles. The van der Waals surface area contributed by atoms with Crippen LogP contribution in [0, 0.1) is 5.92 Å². The van der Waals surface area contributed by atoms with E-state index in [1.165, 1.54) is 12.0 Å². The van der Waals surface area contributed by atoms with E-state index in [2.05, 4.69) is 17.4 Å². The van der Waals surface area contributed by atoms with Gasteiger partial charge in [0.25, 0.3) is 0 Å². The predicted molar refractivity (Wildman–Crippen MR) is 74.9 cm³/mol. The number of benzene rings is 1. The third kappa shape index (κ3) is 3.19. The second kappa shape index (κ2) is 6.78. The Morgan fingerprint density at radius 3 is 2.63 bits per heavy atom. The molecule has 0 aromatic heterocycles. The molecule has 1 aromatic carbocycles. The van der Waals surface area contributed by atoms with Crippen molar-refractivity contribution in [3.05, 3.63) is 23.8 Å². The van der Waals surface area contributed by atoms with Crippen LogP contribution in [-0.4, -0.2) is 34.5 Å². The van der Waals surface area contributed by atoms with Crippen LogP contribution in [0.4, 0.5) is 0 Å². The van der Waals surface area contributed by atoms with Crippen LogP contribution >= 0.6 is 0 Å². The van der Waals surface area contributed by atoms with Crippen molar-refractivity contribution in [1.29, 1.82) is 0 Å². The summed E-state index contributed by atoms with van der Waals surface area (Å²) in [6, 6.07) is 6.40. The van der Waals surface area contributed by atoms with Gasteiger partial charge in [-0.25, -0.2) is 0 Å². The maximum atomic E-state index is 5.59. The van der Waals surface area contributed by atoms with Gasteiger partial charge in [0.15, 0.2) is 11.5 Å². The number of methoxy groups -OCH3 is 2. The second-order valence-electron chi connectivity index (χ2n) is 4.86. The van der Waals surface area contributed by atoms with Gasteiger partial charge in [-0.15, -0.1) is 0 Å². The number of nitrogens with one attached hydrogen (secondary N) is 1. The van der Waals surface area contributed by atoms with Crippen molar-refractivity contribution in [2.24, 2.45) is 5.92 Å². The fourth-order valence-electron chi connectivity index (χ4n) is 2.75. The molecule has 2 rings (SSSR count). The zero-order valence-electron chi connectivity index (χ0n) is 11.9. The monoisotopic (exact) mass is 265 g/mol. The highest BCUT2D eigenvalue weighted by atomic mass is 16.5. The molecule has 1 aromatic rings. The van der Waals surface area contributed by atoms with Crippen molar-refractivity contribution in [2.45, 2.75) is 18.9 Å². The average Bonchev–Trinajstić information content (AvgIpc) is 2.49. The van der Waals surface area contributed by atoms with Gasteiger partial charge in [0, 0.05) is 18.6 Å². The van der Waals surface area contributed by atoms with Crippen LogP contribution in [0.5, 0.6) is 11.5 Å². The van der Waals surface area contributed by atoms with Crippen molar-refractivity contribution < 1.29 is 14.2 Å². The van der Waals surface area contributed by atoms with Crippen LogP contribution in [0.1, 0.15) is 24.4 Å². The summed E-state index contributed by atoms with van der Waals surface area (Å²) in [6.45, 7) is 1.71. The Kier molecular flexibility index (Phi) is 5.05. The molecule has 0 radical (unpaired) electrons. The van der Waals surface area contributed by atoms with Crippen LogP contribution in [0.2, 0.25) is 0 Å². The molecular formula is C15H23NO3. The number of hydrogen-bond acceptors (Lipinski definition) is 4. The average molecular weight is 265 g/mol. The fraction of sp³-hybridized carbons (Fsp3) is 0.600. The Hall–Kier alpha value is -1.26. The van der Waals surface area contributed by atoms with E-state index in [4.69, 9.17) is 14.2 Å². The maximum absolute atomic E-state index is 5.59. The minimum absolute atomic E-state index is 0.292. The van der Waals surface area contributed by atoms with Crippen molar-refractivity contribution in [1.82, 2.24) is 5.32 Å². The summed E-state index contributed by atoms with van der Waals surface area (Å²) in [5.74, 6) is 2.05. The molecule has 1 N–H and O–H groups in total. The van der Waals surface area contributed by atoms with E-state index < -0.39 is 0 Å². The quantitative estimate of drug-likeness (QED) is 0.887. The lowest BCUT2D eigenvalue weighted by atomic mass is 9.88. The van der Waals surface area contributed by atoms with Crippen LogP contribution in [-0.2, 0) is 4.74 Å². The Morgan fingerprint density at radius 1 is 1.26 bits per heavy atom. The first-order chi connectivity index (χ1) is 9.30. The molecule has 0 spiro atoms. The molecule has 106 valence electrons. The van der Waals surface area contributed by atoms with Gasteiger partial charge in [-0.1, -0.05) is 6.07 Å². The van der Waals surface area contributed by atoms with Gasteiger partial charge in [-0.2, -0.15) is 0 Å². The molecule has 2 unspecified atom stereocenters. The van der Waals surface area contributed by atoms with Gasteiger partial charge in [-0.3, -0.25) is 0 Å². The SMILES string of the molecule is CNC(c1ccc(OC)c(OC)c1)C1CCCOC1. The van der Waals surface area contributed by atoms with E-state index in [0.29, 0.717) is 12.0 Å². The molecule has 4 nitrogen and oxygen atoms in total. The molecule has 2 atom stereocenters. The van der Waals surface area contributed by atoms with Crippen LogP contribution in [0.15, 0.2) is 18.2 Å². The lowest BCUT2D eigenvalue weighted by Crippen LogP contribution is -2.31. The third-order valence-corrected chi connectivity index (χ3v) is 3.74. The van der Waals surface area contributed by atoms with E-state index in [1.807, 2.05) is 13.1 Å². The van der Waals surface area contributed by atoms with Gasteiger partial charge >= 0.3 is 0 Å². The number of rotatable bonds is 5. The molecule has 4 heteroatoms. The molecule has 19 heavy (non-hydrogen) atoms. The normalized spacial score (nSPS) is 20.9. The molecule has 0 saturated carbocycles. The van der Waals surface area contributed by atoms with E-state index in [0.717, 1.165) is 31.1 Å². The lowest BCUT2D eigenvalue weighted by Gasteiger charge is -2.30. The summed E-state index contributed by atoms with van der Waals surface area (Å²) in [4.78, 5) is 0. The summed E-state index contributed by atoms with van der Waals surface area (Å²) >= 11 is 0. The van der Waals surface area contributed by atoms with Crippen molar-refractivity contribution in [3.63, 3.8) is 0 Å². The molecule has 1 heterocycles. The van der Waals surface area contributed by atoms with Gasteiger partial charge in [0.1, 0.15) is 0 Å². The van der Waals surface area contributed by atoms with Gasteiger partial charge in [-0.05, 0) is 37.6 Å². The Bertz CT molecular complexity index is 402. The van der Waals surface area contributed by atoms with Crippen LogP contribution in [0.3, 0.4) is 0 Å². The first-order valence-corrected chi connectivity index (χ1v) is 6.77. The molecular weight excluding hydrogens is 242 g/mol. The highest BCUT2D eigenvalue weighted by molar-refractivity contribution is 5.44. The van der Waals surface area contributed by atoms with Gasteiger partial charge in [0.05, 0.1) is 20.8 Å². The van der Waals surface area contributed by atoms with E-state index in [-0.39, 0.29) is 0 Å². The highest BCUT2D eigenvalue weighted by Crippen LogP contribution is 2.34. The topological polar surface area (TPSA) is 39.7 Å². The van der Waals surface area contributed by atoms with Crippen LogP contribution < -0.4 is 14.8 Å². The van der Waals surface area contributed by atoms with Crippen molar-refractivity contribution in [3.8, 4) is 11.5 Å². The van der Waals surface area contributed by atoms with Crippen molar-refractivity contribution >= 4 is 0 Å². The molecule has 1 aliphatic rings. The summed E-state index contributed by atoms with van der Waals surface area (Å²) in [7, 11) is 5.32. The largest absolute Gasteiger partial charge is 0.493 e. The zero-order chi connectivity index (χ0) is 13.7. The summed E-state index contributed by atoms with van der Waals surface area (Å²) in [5.41, 5.74) is 1.22. The number of ether oxygens (including phenoxy) is 3. The smallest absolute Gasteiger partial charge is 0.161 e. The molecule has 0 aliphatic carbocycles. The number of hydrogen-bond donors (Lipinski definition) is 1. The van der Waals surface area contributed by atoms with E-state index >= 15 is 0 Å². The first kappa shape index (κ1) is 14.2. The van der Waals surface area contributed by atoms with Gasteiger partial charge < -0.3 is 19.5 Å². The van der Waals surface area contributed by atoms with Crippen LogP contribution in [0.25, 0.3) is 0 Å². The maximum Gasteiger partial charge on any atom is 0.161 e. The minimum atomic E-state index is 0.292.